The first-order valence-electron chi connectivity index (χ1n) is 8.71. The summed E-state index contributed by atoms with van der Waals surface area (Å²) in [5, 5.41) is -0.212. The molecule has 4 rings (SSSR count). The molecule has 2 aromatic carbocycles. The second-order valence-electron chi connectivity index (χ2n) is 6.12. The normalized spacial score (nSPS) is 11.5. The average Bonchev–Trinajstić information content (AvgIpc) is 3.43. The molecule has 2 aromatic heterocycles. The molecule has 0 saturated carbocycles. The van der Waals surface area contributed by atoms with Crippen molar-refractivity contribution in [2.75, 3.05) is 5.75 Å². The summed E-state index contributed by atoms with van der Waals surface area (Å²) in [5.41, 5.74) is 0.535. The number of nitrogens with zero attached hydrogens (tertiary/aromatic N) is 1. The van der Waals surface area contributed by atoms with Crippen LogP contribution in [0.25, 0.3) is 11.7 Å². The van der Waals surface area contributed by atoms with Crippen LogP contribution in [0.4, 0.5) is 0 Å². The first kappa shape index (κ1) is 20.6. The average molecular weight is 504 g/mol. The van der Waals surface area contributed by atoms with Gasteiger partial charge in [0.1, 0.15) is 0 Å². The summed E-state index contributed by atoms with van der Waals surface area (Å²) in [6.45, 7) is 0. The topological polar surface area (TPSA) is 90.4 Å². The van der Waals surface area contributed by atoms with Gasteiger partial charge >= 0.3 is 0 Å². The lowest BCUT2D eigenvalue weighted by molar-refractivity contribution is 0.102. The lowest BCUT2D eigenvalue weighted by Gasteiger charge is -2.04. The standard InChI is InChI=1S/C21H14BrNO5S2/c22-15-8-10-16(11-9-15)30(25,26)20-21(28-19(23-20)18-7-4-12-27-18)29-13-17(24)14-5-2-1-3-6-14/h1-12H,13H2. The predicted molar refractivity (Wildman–Crippen MR) is 115 cm³/mol. The molecule has 0 fully saturated rings. The number of carbonyl (C=O) groups is 1. The van der Waals surface area contributed by atoms with E-state index in [2.05, 4.69) is 20.9 Å². The van der Waals surface area contributed by atoms with Crippen LogP contribution < -0.4 is 0 Å². The highest BCUT2D eigenvalue weighted by Gasteiger charge is 2.29. The van der Waals surface area contributed by atoms with Gasteiger partial charge in [0.25, 0.3) is 5.89 Å². The monoisotopic (exact) mass is 503 g/mol. The van der Waals surface area contributed by atoms with Crippen LogP contribution in [0.1, 0.15) is 10.4 Å². The molecule has 0 radical (unpaired) electrons. The van der Waals surface area contributed by atoms with Crippen molar-refractivity contribution in [3.05, 3.63) is 83.0 Å². The predicted octanol–water partition coefficient (Wildman–Crippen LogP) is 5.50. The Hall–Kier alpha value is -2.62. The summed E-state index contributed by atoms with van der Waals surface area (Å²) in [5.74, 6) is 0.178. The molecule has 0 saturated heterocycles. The fourth-order valence-corrected chi connectivity index (χ4v) is 5.31. The number of ketones is 1. The van der Waals surface area contributed by atoms with E-state index < -0.39 is 9.84 Å². The van der Waals surface area contributed by atoms with Crippen molar-refractivity contribution in [1.82, 2.24) is 4.98 Å². The largest absolute Gasteiger partial charge is 0.459 e. The summed E-state index contributed by atoms with van der Waals surface area (Å²) < 4.78 is 38.1. The Morgan fingerprint density at radius 3 is 2.40 bits per heavy atom. The van der Waals surface area contributed by atoms with Gasteiger partial charge in [-0.25, -0.2) is 8.42 Å². The second kappa shape index (κ2) is 8.63. The van der Waals surface area contributed by atoms with E-state index in [9.17, 15) is 13.2 Å². The Balaban J connectivity index is 1.70. The third-order valence-corrected chi connectivity index (χ3v) is 7.39. The molecule has 0 aliphatic carbocycles. The van der Waals surface area contributed by atoms with Gasteiger partial charge in [-0.2, -0.15) is 4.98 Å². The molecule has 0 atom stereocenters. The zero-order valence-corrected chi connectivity index (χ0v) is 18.5. The van der Waals surface area contributed by atoms with Gasteiger partial charge < -0.3 is 8.83 Å². The molecule has 2 heterocycles. The molecule has 0 spiro atoms. The van der Waals surface area contributed by atoms with E-state index in [1.165, 1.54) is 18.4 Å². The Bertz CT molecular complexity index is 1260. The minimum Gasteiger partial charge on any atom is -0.459 e. The fraction of sp³-hybridized carbons (Fsp3) is 0.0476. The molecule has 30 heavy (non-hydrogen) atoms. The Labute approximate surface area is 185 Å². The molecule has 0 bridgehead atoms. The first-order chi connectivity index (χ1) is 14.4. The van der Waals surface area contributed by atoms with Crippen molar-refractivity contribution in [2.45, 2.75) is 15.0 Å². The zero-order valence-electron chi connectivity index (χ0n) is 15.3. The van der Waals surface area contributed by atoms with Crippen LogP contribution in [0.5, 0.6) is 0 Å². The van der Waals surface area contributed by atoms with Gasteiger partial charge in [-0.3, -0.25) is 4.79 Å². The van der Waals surface area contributed by atoms with Crippen LogP contribution in [0.15, 0.2) is 101 Å². The fourth-order valence-electron chi connectivity index (χ4n) is 2.62. The molecule has 4 aromatic rings. The number of oxazole rings is 1. The smallest absolute Gasteiger partial charge is 0.265 e. The number of furan rings is 1. The molecule has 0 unspecified atom stereocenters. The third kappa shape index (κ3) is 4.28. The molecule has 0 amide bonds. The maximum atomic E-state index is 13.2. The Morgan fingerprint density at radius 2 is 1.73 bits per heavy atom. The molecule has 152 valence electrons. The summed E-state index contributed by atoms with van der Waals surface area (Å²) >= 11 is 4.28. The van der Waals surface area contributed by atoms with Crippen molar-refractivity contribution in [3.63, 3.8) is 0 Å². The molecule has 0 aliphatic heterocycles. The highest BCUT2D eigenvalue weighted by Crippen LogP contribution is 2.35. The molecule has 0 N–H and O–H groups in total. The number of sulfone groups is 1. The van der Waals surface area contributed by atoms with Gasteiger partial charge in [0.15, 0.2) is 11.5 Å². The number of carbonyl (C=O) groups excluding carboxylic acids is 1. The van der Waals surface area contributed by atoms with E-state index in [-0.39, 0.29) is 32.4 Å². The third-order valence-electron chi connectivity index (χ3n) is 4.11. The van der Waals surface area contributed by atoms with E-state index in [4.69, 9.17) is 8.83 Å². The number of hydrogen-bond acceptors (Lipinski definition) is 7. The molecular formula is C21H14BrNO5S2. The number of halogens is 1. The number of rotatable bonds is 7. The van der Waals surface area contributed by atoms with Crippen molar-refractivity contribution in [3.8, 4) is 11.7 Å². The van der Waals surface area contributed by atoms with E-state index in [1.54, 1.807) is 48.5 Å². The lowest BCUT2D eigenvalue weighted by Crippen LogP contribution is -2.05. The highest BCUT2D eigenvalue weighted by atomic mass is 79.9. The van der Waals surface area contributed by atoms with Crippen LogP contribution in [-0.4, -0.2) is 24.9 Å². The zero-order chi connectivity index (χ0) is 21.1. The maximum absolute atomic E-state index is 13.2. The molecule has 9 heteroatoms. The number of Topliss-reactive ketones (excluding diaryl/α,β-unsaturated/α-hetero) is 1. The van der Waals surface area contributed by atoms with E-state index in [0.29, 0.717) is 11.3 Å². The van der Waals surface area contributed by atoms with Crippen molar-refractivity contribution in [2.24, 2.45) is 0 Å². The van der Waals surface area contributed by atoms with E-state index >= 15 is 0 Å². The molecule has 6 nitrogen and oxygen atoms in total. The van der Waals surface area contributed by atoms with Gasteiger partial charge in [-0.15, -0.1) is 0 Å². The van der Waals surface area contributed by atoms with Crippen molar-refractivity contribution < 1.29 is 22.0 Å². The number of thioether (sulfide) groups is 1. The second-order valence-corrected chi connectivity index (χ2v) is 9.85. The quantitative estimate of drug-likeness (QED) is 0.242. The molecular weight excluding hydrogens is 490 g/mol. The minimum atomic E-state index is -3.97. The van der Waals surface area contributed by atoms with Crippen LogP contribution in [0, 0.1) is 0 Å². The Kier molecular flexibility index (Phi) is 5.94. The van der Waals surface area contributed by atoms with Gasteiger partial charge in [0, 0.05) is 10.0 Å². The van der Waals surface area contributed by atoms with Gasteiger partial charge in [-0.05, 0) is 36.4 Å². The summed E-state index contributed by atoms with van der Waals surface area (Å²) in [6.07, 6.45) is 1.44. The van der Waals surface area contributed by atoms with Crippen molar-refractivity contribution >= 4 is 43.3 Å². The van der Waals surface area contributed by atoms with Crippen LogP contribution >= 0.6 is 27.7 Å². The van der Waals surface area contributed by atoms with Gasteiger partial charge in [-0.1, -0.05) is 58.0 Å². The number of benzene rings is 2. The maximum Gasteiger partial charge on any atom is 0.265 e. The van der Waals surface area contributed by atoms with Crippen molar-refractivity contribution in [1.29, 1.82) is 0 Å². The summed E-state index contributed by atoms with van der Waals surface area (Å²) in [6, 6.07) is 18.2. The lowest BCUT2D eigenvalue weighted by atomic mass is 10.2. The van der Waals surface area contributed by atoms with Crippen LogP contribution in [0.3, 0.4) is 0 Å². The highest BCUT2D eigenvalue weighted by molar-refractivity contribution is 9.10. The van der Waals surface area contributed by atoms with E-state index in [1.807, 2.05) is 6.07 Å². The summed E-state index contributed by atoms with van der Waals surface area (Å²) in [7, 11) is -3.97. The van der Waals surface area contributed by atoms with Crippen LogP contribution in [0.2, 0.25) is 0 Å². The SMILES string of the molecule is O=C(CSc1oc(-c2ccco2)nc1S(=O)(=O)c1ccc(Br)cc1)c1ccccc1. The van der Waals surface area contributed by atoms with Gasteiger partial charge in [0.05, 0.1) is 16.9 Å². The number of hydrogen-bond donors (Lipinski definition) is 0. The summed E-state index contributed by atoms with van der Waals surface area (Å²) in [4.78, 5) is 16.7. The Morgan fingerprint density at radius 1 is 1.00 bits per heavy atom. The van der Waals surface area contributed by atoms with Gasteiger partial charge in [0.2, 0.25) is 20.0 Å². The van der Waals surface area contributed by atoms with E-state index in [0.717, 1.165) is 16.2 Å². The minimum absolute atomic E-state index is 0.000338. The first-order valence-corrected chi connectivity index (χ1v) is 12.0. The molecule has 0 aliphatic rings. The van der Waals surface area contributed by atoms with Crippen LogP contribution in [-0.2, 0) is 9.84 Å². The number of aromatic nitrogens is 1.